The van der Waals surface area contributed by atoms with Gasteiger partial charge >= 0.3 is 18.1 Å². The highest BCUT2D eigenvalue weighted by atomic mass is 32.2. The lowest BCUT2D eigenvalue weighted by atomic mass is 10.3. The minimum Gasteiger partial charge on any atom is -0.490 e. The molecule has 0 saturated heterocycles. The van der Waals surface area contributed by atoms with Gasteiger partial charge in [0.1, 0.15) is 17.3 Å². The van der Waals surface area contributed by atoms with Gasteiger partial charge in [0.15, 0.2) is 0 Å². The molecule has 12 nitrogen and oxygen atoms in total. The highest BCUT2D eigenvalue weighted by Crippen LogP contribution is 2.23. The van der Waals surface area contributed by atoms with Gasteiger partial charge in [-0.15, -0.1) is 4.98 Å². The van der Waals surface area contributed by atoms with E-state index >= 15 is 0 Å². The van der Waals surface area contributed by atoms with Gasteiger partial charge in [0.2, 0.25) is 5.95 Å². The zero-order valence-electron chi connectivity index (χ0n) is 16.0. The molecule has 0 atom stereocenters. The van der Waals surface area contributed by atoms with Gasteiger partial charge < -0.3 is 18.9 Å². The summed E-state index contributed by atoms with van der Waals surface area (Å²) in [7, 11) is -1.43. The first-order chi connectivity index (χ1) is 13.9. The molecule has 0 fully saturated rings. The topological polar surface area (TPSA) is 151 Å². The summed E-state index contributed by atoms with van der Waals surface area (Å²) in [6, 6.07) is 4.58. The second-order valence-electron chi connectivity index (χ2n) is 5.21. The number of para-hydroxylation sites is 1. The second-order valence-corrected chi connectivity index (χ2v) is 6.86. The Kier molecular flexibility index (Phi) is 7.91. The molecule has 2 amide bonds. The van der Waals surface area contributed by atoms with Crippen molar-refractivity contribution in [3.63, 3.8) is 0 Å². The lowest BCUT2D eigenvalue weighted by Gasteiger charge is -2.13. The van der Waals surface area contributed by atoms with Crippen LogP contribution < -0.4 is 24.2 Å². The van der Waals surface area contributed by atoms with Crippen molar-refractivity contribution in [2.75, 3.05) is 39.4 Å². The number of nitrogens with zero attached hydrogens (tertiary/aromatic N) is 3. The van der Waals surface area contributed by atoms with Crippen LogP contribution in [-0.4, -0.2) is 63.4 Å². The van der Waals surface area contributed by atoms with Crippen molar-refractivity contribution in [3.05, 3.63) is 24.3 Å². The molecule has 0 spiro atoms. The van der Waals surface area contributed by atoms with E-state index in [1.807, 2.05) is 4.72 Å². The Bertz CT molecular complexity index is 939. The van der Waals surface area contributed by atoms with Crippen LogP contribution in [0.4, 0.5) is 10.7 Å². The van der Waals surface area contributed by atoms with Gasteiger partial charge in [0, 0.05) is 7.11 Å². The fraction of sp³-hybridized carbons (Fsp3) is 0.375. The molecular formula is C16H21N5O7S. The first kappa shape index (κ1) is 22.1. The molecule has 0 radical (unpaired) electrons. The number of anilines is 1. The van der Waals surface area contributed by atoms with E-state index in [1.54, 1.807) is 13.0 Å². The maximum atomic E-state index is 12.6. The van der Waals surface area contributed by atoms with Crippen LogP contribution >= 0.6 is 0 Å². The van der Waals surface area contributed by atoms with E-state index in [4.69, 9.17) is 18.9 Å². The number of methoxy groups -OCH3 is 2. The largest absolute Gasteiger partial charge is 0.490 e. The molecule has 13 heteroatoms. The number of ether oxygens (including phenoxy) is 4. The number of carbonyl (C=O) groups is 1. The third-order valence-electron chi connectivity index (χ3n) is 3.19. The van der Waals surface area contributed by atoms with Gasteiger partial charge in [-0.05, 0) is 19.1 Å². The fourth-order valence-corrected chi connectivity index (χ4v) is 3.06. The van der Waals surface area contributed by atoms with Gasteiger partial charge in [0.25, 0.3) is 10.0 Å². The Balaban J connectivity index is 2.15. The number of aromatic nitrogens is 3. The summed E-state index contributed by atoms with van der Waals surface area (Å²) in [6.45, 7) is 2.40. The molecule has 0 aliphatic rings. The second kappa shape index (κ2) is 10.4. The monoisotopic (exact) mass is 427 g/mol. The van der Waals surface area contributed by atoms with Gasteiger partial charge in [-0.2, -0.15) is 9.97 Å². The SMILES string of the molecule is CCOc1nc(NC(=O)NS(=O)(=O)c2ccccc2OCCOC)nc(OC)n1. The predicted molar refractivity (Wildman–Crippen MR) is 101 cm³/mol. The number of benzene rings is 1. The lowest BCUT2D eigenvalue weighted by molar-refractivity contribution is 0.144. The van der Waals surface area contributed by atoms with Crippen molar-refractivity contribution >= 4 is 22.0 Å². The number of sulfonamides is 1. The smallest absolute Gasteiger partial charge is 0.335 e. The number of nitrogens with one attached hydrogen (secondary N) is 2. The van der Waals surface area contributed by atoms with Gasteiger partial charge in [0.05, 0.1) is 20.3 Å². The predicted octanol–water partition coefficient (Wildman–Crippen LogP) is 0.814. The first-order valence-corrected chi connectivity index (χ1v) is 9.85. The molecule has 1 aromatic carbocycles. The molecule has 2 N–H and O–H groups in total. The Morgan fingerprint density at radius 3 is 2.45 bits per heavy atom. The van der Waals surface area contributed by atoms with E-state index in [0.29, 0.717) is 0 Å². The third kappa shape index (κ3) is 6.43. The zero-order valence-corrected chi connectivity index (χ0v) is 16.9. The Hall–Kier alpha value is -3.19. The van der Waals surface area contributed by atoms with Crippen LogP contribution in [-0.2, 0) is 14.8 Å². The van der Waals surface area contributed by atoms with Crippen LogP contribution in [0.3, 0.4) is 0 Å². The molecule has 0 aliphatic carbocycles. The van der Waals surface area contributed by atoms with Gasteiger partial charge in [-0.3, -0.25) is 5.32 Å². The number of rotatable bonds is 10. The van der Waals surface area contributed by atoms with Gasteiger partial charge in [-0.1, -0.05) is 12.1 Å². The number of carbonyl (C=O) groups excluding carboxylic acids is 1. The lowest BCUT2D eigenvalue weighted by Crippen LogP contribution is -2.35. The van der Waals surface area contributed by atoms with Crippen LogP contribution in [0.25, 0.3) is 0 Å². The molecule has 0 aliphatic heterocycles. The van der Waals surface area contributed by atoms with Gasteiger partial charge in [-0.25, -0.2) is 17.9 Å². The average Bonchev–Trinajstić information content (AvgIpc) is 2.68. The Morgan fingerprint density at radius 2 is 1.76 bits per heavy atom. The van der Waals surface area contributed by atoms with E-state index < -0.39 is 16.1 Å². The molecule has 0 unspecified atom stereocenters. The number of hydrogen-bond acceptors (Lipinski definition) is 10. The van der Waals surface area contributed by atoms with E-state index in [-0.39, 0.29) is 48.4 Å². The van der Waals surface area contributed by atoms with Crippen molar-refractivity contribution < 1.29 is 32.2 Å². The fourth-order valence-electron chi connectivity index (χ4n) is 2.01. The highest BCUT2D eigenvalue weighted by molar-refractivity contribution is 7.90. The van der Waals surface area contributed by atoms with Crippen molar-refractivity contribution in [3.8, 4) is 17.8 Å². The maximum Gasteiger partial charge on any atom is 0.335 e. The number of hydrogen-bond donors (Lipinski definition) is 2. The molecule has 158 valence electrons. The summed E-state index contributed by atoms with van der Waals surface area (Å²) < 4.78 is 47.4. The minimum absolute atomic E-state index is 0.0744. The van der Waals surface area contributed by atoms with E-state index in [0.717, 1.165) is 0 Å². The molecule has 2 aromatic rings. The molecule has 0 bridgehead atoms. The zero-order chi connectivity index (χ0) is 21.3. The van der Waals surface area contributed by atoms with E-state index in [1.165, 1.54) is 32.4 Å². The molecule has 2 rings (SSSR count). The maximum absolute atomic E-state index is 12.6. The highest BCUT2D eigenvalue weighted by Gasteiger charge is 2.23. The van der Waals surface area contributed by atoms with Crippen molar-refractivity contribution in [1.82, 2.24) is 19.7 Å². The summed E-state index contributed by atoms with van der Waals surface area (Å²) in [4.78, 5) is 23.5. The van der Waals surface area contributed by atoms with Crippen molar-refractivity contribution in [1.29, 1.82) is 0 Å². The average molecular weight is 427 g/mol. The van der Waals surface area contributed by atoms with E-state index in [9.17, 15) is 13.2 Å². The first-order valence-electron chi connectivity index (χ1n) is 8.37. The molecule has 0 saturated carbocycles. The molecular weight excluding hydrogens is 406 g/mol. The van der Waals surface area contributed by atoms with Crippen LogP contribution in [0.2, 0.25) is 0 Å². The van der Waals surface area contributed by atoms with Crippen LogP contribution in [0.15, 0.2) is 29.2 Å². The molecule has 29 heavy (non-hydrogen) atoms. The standard InChI is InChI=1S/C16H21N5O7S/c1-4-27-16-19-13(18-15(20-16)26-3)17-14(22)21-29(23,24)12-8-6-5-7-11(12)28-10-9-25-2/h5-8H,4,9-10H2,1-3H3,(H2,17,18,19,20,21,22). The van der Waals surface area contributed by atoms with E-state index in [2.05, 4.69) is 20.3 Å². The summed E-state index contributed by atoms with van der Waals surface area (Å²) in [5.41, 5.74) is 0. The van der Waals surface area contributed by atoms with Crippen LogP contribution in [0.5, 0.6) is 17.8 Å². The summed E-state index contributed by atoms with van der Waals surface area (Å²) in [6.07, 6.45) is 0. The van der Waals surface area contributed by atoms with Crippen LogP contribution in [0, 0.1) is 0 Å². The Labute approximate surface area is 167 Å². The van der Waals surface area contributed by atoms with Crippen molar-refractivity contribution in [2.24, 2.45) is 0 Å². The summed E-state index contributed by atoms with van der Waals surface area (Å²) in [5.74, 6) is -0.178. The third-order valence-corrected chi connectivity index (χ3v) is 4.56. The summed E-state index contributed by atoms with van der Waals surface area (Å²) >= 11 is 0. The minimum atomic E-state index is -4.24. The Morgan fingerprint density at radius 1 is 1.03 bits per heavy atom. The number of amides is 2. The van der Waals surface area contributed by atoms with Crippen LogP contribution in [0.1, 0.15) is 6.92 Å². The quantitative estimate of drug-likeness (QED) is 0.521. The molecule has 1 heterocycles. The van der Waals surface area contributed by atoms with Crippen molar-refractivity contribution in [2.45, 2.75) is 11.8 Å². The summed E-state index contributed by atoms with van der Waals surface area (Å²) in [5, 5.41) is 2.20. The molecule has 1 aromatic heterocycles. The number of urea groups is 1. The normalized spacial score (nSPS) is 10.9.